The molecule has 168 valence electrons. The topological polar surface area (TPSA) is 127 Å². The number of hydrogen-bond donors (Lipinski definition) is 0. The lowest BCUT2D eigenvalue weighted by Crippen LogP contribution is -2.23. The average molecular weight is 485 g/mol. The lowest BCUT2D eigenvalue weighted by molar-refractivity contribution is -0.0435. The smallest absolute Gasteiger partial charge is 0.578 e. The number of pyridine rings is 1. The van der Waals surface area contributed by atoms with E-state index in [2.05, 4.69) is 20.1 Å². The van der Waals surface area contributed by atoms with E-state index in [1.54, 1.807) is 6.92 Å². The molecule has 4 rings (SSSR count). The van der Waals surface area contributed by atoms with Crippen LogP contribution < -0.4 is 0 Å². The minimum Gasteiger partial charge on any atom is -0.604 e. The van der Waals surface area contributed by atoms with E-state index in [1.807, 2.05) is 0 Å². The lowest BCUT2D eigenvalue weighted by atomic mass is 10.3. The Morgan fingerprint density at radius 2 is 1.94 bits per heavy atom. The zero-order valence-electron chi connectivity index (χ0n) is 16.5. The maximum atomic E-state index is 12.8. The van der Waals surface area contributed by atoms with Gasteiger partial charge in [0.2, 0.25) is 5.89 Å². The summed E-state index contributed by atoms with van der Waals surface area (Å²) < 4.78 is 82.2. The van der Waals surface area contributed by atoms with Crippen molar-refractivity contribution in [3.8, 4) is 17.4 Å². The van der Waals surface area contributed by atoms with E-state index in [-0.39, 0.29) is 39.2 Å². The van der Waals surface area contributed by atoms with Crippen molar-refractivity contribution in [3.05, 3.63) is 42.5 Å². The van der Waals surface area contributed by atoms with Gasteiger partial charge in [-0.2, -0.15) is 5.10 Å². The Morgan fingerprint density at radius 3 is 2.56 bits per heavy atom. The molecule has 0 amide bonds. The minimum absolute atomic E-state index is 0.0289. The predicted octanol–water partition coefficient (Wildman–Crippen LogP) is 3.20. The molecule has 0 bridgehead atoms. The average Bonchev–Trinajstić information content (AvgIpc) is 3.37. The molecule has 32 heavy (non-hydrogen) atoms. The molecule has 0 saturated heterocycles. The number of halogens is 3. The van der Waals surface area contributed by atoms with Crippen LogP contribution in [-0.4, -0.2) is 49.0 Å². The van der Waals surface area contributed by atoms with Gasteiger partial charge in [-0.15, -0.1) is 13.2 Å². The predicted molar refractivity (Wildman–Crippen MR) is 107 cm³/mol. The van der Waals surface area contributed by atoms with Crippen molar-refractivity contribution >= 4 is 32.1 Å². The van der Waals surface area contributed by atoms with Gasteiger partial charge in [0.25, 0.3) is 0 Å². The summed E-state index contributed by atoms with van der Waals surface area (Å²) >= 11 is -3.25. The van der Waals surface area contributed by atoms with E-state index < -0.39 is 31.4 Å². The van der Waals surface area contributed by atoms with Crippen molar-refractivity contribution in [3.63, 3.8) is 0 Å². The van der Waals surface area contributed by atoms with Gasteiger partial charge in [0.15, 0.2) is 26.1 Å². The van der Waals surface area contributed by atoms with Gasteiger partial charge < -0.3 is 8.97 Å². The number of fused-ring (bicyclic) bond motifs is 1. The van der Waals surface area contributed by atoms with E-state index in [4.69, 9.17) is 4.42 Å². The molecular weight excluding hydrogens is 471 g/mol. The molecule has 0 fully saturated rings. The first-order chi connectivity index (χ1) is 15.0. The fourth-order valence-electron chi connectivity index (χ4n) is 2.84. The first-order valence-electron chi connectivity index (χ1n) is 9.01. The third-order valence-electron chi connectivity index (χ3n) is 4.39. The Balaban J connectivity index is 1.88. The molecule has 1 aromatic carbocycles. The van der Waals surface area contributed by atoms with Crippen molar-refractivity contribution in [2.24, 2.45) is 0 Å². The summed E-state index contributed by atoms with van der Waals surface area (Å²) in [6, 6.07) is 5.93. The Morgan fingerprint density at radius 1 is 1.19 bits per heavy atom. The van der Waals surface area contributed by atoms with Crippen molar-refractivity contribution < 1.29 is 30.6 Å². The fourth-order valence-corrected chi connectivity index (χ4v) is 4.53. The number of hydrogen-bond acceptors (Lipinski definition) is 8. The molecule has 1 atom stereocenters. The lowest BCUT2D eigenvalue weighted by Gasteiger charge is -2.11. The Hall–Kier alpha value is -2.97. The number of rotatable bonds is 5. The first-order valence-corrected chi connectivity index (χ1v) is 11.8. The highest BCUT2D eigenvalue weighted by Crippen LogP contribution is 2.34. The Kier molecular flexibility index (Phi) is 5.46. The Labute approximate surface area is 182 Å². The van der Waals surface area contributed by atoms with Crippen LogP contribution in [0.1, 0.15) is 12.7 Å². The summed E-state index contributed by atoms with van der Waals surface area (Å²) in [6.07, 6.45) is 1.39. The van der Waals surface area contributed by atoms with Crippen molar-refractivity contribution in [1.82, 2.24) is 24.7 Å². The molecule has 0 aliphatic carbocycles. The summed E-state index contributed by atoms with van der Waals surface area (Å²) in [4.78, 5) is 11.8. The zero-order valence-corrected chi connectivity index (χ0v) is 18.1. The zero-order chi connectivity index (χ0) is 23.3. The van der Waals surface area contributed by atoms with E-state index >= 15 is 0 Å². The van der Waals surface area contributed by atoms with E-state index in [9.17, 15) is 26.1 Å². The quantitative estimate of drug-likeness (QED) is 0.395. The van der Waals surface area contributed by atoms with Gasteiger partial charge in [-0.3, -0.25) is 0 Å². The standard InChI is InChI=1S/C18H14F3N5O4S2/c1-3-32(28,29)14-6-7-15(26-9-22-10(2)25-26)24-16(14)17-23-12-8-11(4-5-13(12)30-17)31(27)18(19,20)21/h4-9H,3H2,1-2H3. The summed E-state index contributed by atoms with van der Waals surface area (Å²) in [5, 5.41) is 4.13. The summed E-state index contributed by atoms with van der Waals surface area (Å²) in [7, 11) is -3.75. The maximum Gasteiger partial charge on any atom is 0.578 e. The molecule has 0 saturated carbocycles. The molecule has 1 unspecified atom stereocenters. The van der Waals surface area contributed by atoms with E-state index in [0.717, 1.165) is 12.1 Å². The molecule has 0 N–H and O–H groups in total. The van der Waals surface area contributed by atoms with Gasteiger partial charge in [-0.25, -0.2) is 28.1 Å². The van der Waals surface area contributed by atoms with Crippen LogP contribution in [0.15, 0.2) is 50.9 Å². The normalized spacial score (nSPS) is 13.6. The number of sulfone groups is 1. The number of oxazole rings is 1. The molecule has 0 radical (unpaired) electrons. The second kappa shape index (κ2) is 7.86. The second-order valence-corrected chi connectivity index (χ2v) is 10.2. The van der Waals surface area contributed by atoms with Crippen molar-refractivity contribution in [2.75, 3.05) is 5.75 Å². The van der Waals surface area contributed by atoms with Gasteiger partial charge in [-0.1, -0.05) is 6.92 Å². The summed E-state index contributed by atoms with van der Waals surface area (Å²) in [5.41, 5.74) is -5.02. The number of aryl methyl sites for hydroxylation is 1. The second-order valence-electron chi connectivity index (χ2n) is 6.52. The number of aromatic nitrogens is 5. The van der Waals surface area contributed by atoms with Gasteiger partial charge in [-0.05, 0) is 31.2 Å². The minimum atomic E-state index is -4.94. The monoisotopic (exact) mass is 485 g/mol. The van der Waals surface area contributed by atoms with Gasteiger partial charge in [0.1, 0.15) is 23.4 Å². The SMILES string of the molecule is CCS(=O)(=O)c1ccc(-n2cnc(C)n2)nc1-c1nc2cc([S+]([O-])C(F)(F)F)ccc2o1. The molecule has 4 aromatic rings. The summed E-state index contributed by atoms with van der Waals surface area (Å²) in [6.45, 7) is 3.12. The Bertz CT molecular complexity index is 1420. The van der Waals surface area contributed by atoms with Crippen LogP contribution in [0.4, 0.5) is 13.2 Å². The van der Waals surface area contributed by atoms with Crippen LogP contribution in [0.3, 0.4) is 0 Å². The first kappa shape index (κ1) is 22.2. The molecule has 3 heterocycles. The maximum absolute atomic E-state index is 12.8. The van der Waals surface area contributed by atoms with Crippen molar-refractivity contribution in [2.45, 2.75) is 29.1 Å². The summed E-state index contributed by atoms with van der Waals surface area (Å²) in [5.74, 6) is 0.251. The van der Waals surface area contributed by atoms with Crippen LogP contribution in [-0.2, 0) is 21.0 Å². The molecule has 0 aliphatic rings. The molecule has 0 aliphatic heterocycles. The van der Waals surface area contributed by atoms with E-state index in [1.165, 1.54) is 36.1 Å². The highest BCUT2D eigenvalue weighted by molar-refractivity contribution is 7.92. The molecule has 9 nitrogen and oxygen atoms in total. The fraction of sp³-hybridized carbons (Fsp3) is 0.222. The highest BCUT2D eigenvalue weighted by Gasteiger charge is 2.46. The van der Waals surface area contributed by atoms with Gasteiger partial charge in [0, 0.05) is 6.07 Å². The van der Waals surface area contributed by atoms with Crippen LogP contribution in [0.2, 0.25) is 0 Å². The highest BCUT2D eigenvalue weighted by atomic mass is 32.2. The van der Waals surface area contributed by atoms with Crippen LogP contribution >= 0.6 is 0 Å². The van der Waals surface area contributed by atoms with Crippen LogP contribution in [0.5, 0.6) is 0 Å². The third-order valence-corrected chi connectivity index (χ3v) is 7.25. The molecule has 0 spiro atoms. The third kappa shape index (κ3) is 4.08. The molecular formula is C18H14F3N5O4S2. The van der Waals surface area contributed by atoms with Gasteiger partial charge in [0.05, 0.1) is 21.8 Å². The number of alkyl halides is 3. The van der Waals surface area contributed by atoms with E-state index in [0.29, 0.717) is 5.82 Å². The number of benzene rings is 1. The molecule has 3 aromatic heterocycles. The van der Waals surface area contributed by atoms with Crippen LogP contribution in [0.25, 0.3) is 28.5 Å². The molecule has 14 heteroatoms. The van der Waals surface area contributed by atoms with Gasteiger partial charge >= 0.3 is 5.51 Å². The number of nitrogens with zero attached hydrogens (tertiary/aromatic N) is 5. The van der Waals surface area contributed by atoms with Crippen LogP contribution in [0, 0.1) is 6.92 Å². The largest absolute Gasteiger partial charge is 0.604 e. The van der Waals surface area contributed by atoms with Crippen molar-refractivity contribution in [1.29, 1.82) is 0 Å².